The number of fused-ring (bicyclic) bond motifs is 3. The minimum absolute atomic E-state index is 0.204. The van der Waals surface area contributed by atoms with Gasteiger partial charge in [-0.15, -0.1) is 0 Å². The Kier molecular flexibility index (Phi) is 3.87. The molecule has 0 fully saturated rings. The summed E-state index contributed by atoms with van der Waals surface area (Å²) in [7, 11) is 0. The summed E-state index contributed by atoms with van der Waals surface area (Å²) < 4.78 is 0. The van der Waals surface area contributed by atoms with E-state index in [4.69, 9.17) is 5.11 Å². The van der Waals surface area contributed by atoms with Crippen LogP contribution in [0.5, 0.6) is 0 Å². The van der Waals surface area contributed by atoms with Crippen molar-refractivity contribution in [2.24, 2.45) is 5.92 Å². The number of hydrogen-bond acceptors (Lipinski definition) is 2. The molecule has 3 atom stereocenters. The lowest BCUT2D eigenvalue weighted by molar-refractivity contribution is 0.0697. The molecule has 2 aromatic rings. The van der Waals surface area contributed by atoms with E-state index < -0.39 is 5.97 Å². The molecule has 4 rings (SSSR count). The molecule has 3 nitrogen and oxygen atoms in total. The van der Waals surface area contributed by atoms with Crippen molar-refractivity contribution in [3.8, 4) is 0 Å². The maximum absolute atomic E-state index is 11.1. The smallest absolute Gasteiger partial charge is 0.335 e. The van der Waals surface area contributed by atoms with Gasteiger partial charge in [0.15, 0.2) is 0 Å². The third-order valence-electron chi connectivity index (χ3n) is 5.57. The second kappa shape index (κ2) is 6.07. The maximum Gasteiger partial charge on any atom is 0.335 e. The van der Waals surface area contributed by atoms with Gasteiger partial charge in [-0.3, -0.25) is 0 Å². The van der Waals surface area contributed by atoms with E-state index in [1.807, 2.05) is 12.1 Å². The van der Waals surface area contributed by atoms with Crippen LogP contribution in [0.15, 0.2) is 54.6 Å². The zero-order valence-electron chi connectivity index (χ0n) is 14.6. The number of aromatic carboxylic acids is 1. The number of rotatable bonds is 3. The number of para-hydroxylation sites is 1. The molecule has 1 heterocycles. The molecule has 0 unspecified atom stereocenters. The fourth-order valence-electron chi connectivity index (χ4n) is 4.29. The first-order valence-electron chi connectivity index (χ1n) is 8.95. The Labute approximate surface area is 148 Å². The highest BCUT2D eigenvalue weighted by Crippen LogP contribution is 2.51. The lowest BCUT2D eigenvalue weighted by atomic mass is 9.75. The Balaban J connectivity index is 1.77. The molecule has 0 spiro atoms. The lowest BCUT2D eigenvalue weighted by Gasteiger charge is -2.39. The van der Waals surface area contributed by atoms with Crippen molar-refractivity contribution in [2.75, 3.05) is 5.32 Å². The number of benzene rings is 2. The summed E-state index contributed by atoms with van der Waals surface area (Å²) in [5, 5.41) is 12.9. The summed E-state index contributed by atoms with van der Waals surface area (Å²) in [5.41, 5.74) is 5.50. The van der Waals surface area contributed by atoms with Gasteiger partial charge in [0.1, 0.15) is 0 Å². The normalized spacial score (nSPS) is 23.9. The number of carboxylic acids is 1. The van der Waals surface area contributed by atoms with Gasteiger partial charge in [-0.25, -0.2) is 4.79 Å². The summed E-state index contributed by atoms with van der Waals surface area (Å²) in [4.78, 5) is 11.1. The standard InChI is InChI=1S/C22H23NO2/c1-13(2)16-5-3-8-19-17-6-4-7-18(17)20(23-21(16)19)14-9-11-15(12-10-14)22(24)25/h3-6,8-13,17-18,20,23H,7H2,1-2H3,(H,24,25)/t17-,18+,20-/m1/s1. The number of nitrogens with one attached hydrogen (secondary N) is 1. The van der Waals surface area contributed by atoms with Crippen molar-refractivity contribution in [3.05, 3.63) is 76.9 Å². The molecule has 0 amide bonds. The summed E-state index contributed by atoms with van der Waals surface area (Å²) >= 11 is 0. The van der Waals surface area contributed by atoms with E-state index >= 15 is 0 Å². The molecule has 2 aliphatic rings. The molecule has 0 aromatic heterocycles. The van der Waals surface area contributed by atoms with Crippen LogP contribution < -0.4 is 5.32 Å². The molecule has 1 aliphatic carbocycles. The van der Waals surface area contributed by atoms with Crippen LogP contribution in [0.4, 0.5) is 5.69 Å². The van der Waals surface area contributed by atoms with E-state index in [0.717, 1.165) is 12.0 Å². The summed E-state index contributed by atoms with van der Waals surface area (Å²) in [6.45, 7) is 4.45. The maximum atomic E-state index is 11.1. The second-order valence-electron chi connectivity index (χ2n) is 7.37. The quantitative estimate of drug-likeness (QED) is 0.746. The third-order valence-corrected chi connectivity index (χ3v) is 5.57. The molecule has 2 aromatic carbocycles. The molecule has 0 saturated heterocycles. The topological polar surface area (TPSA) is 49.3 Å². The van der Waals surface area contributed by atoms with Crippen molar-refractivity contribution < 1.29 is 9.90 Å². The highest BCUT2D eigenvalue weighted by Gasteiger charge is 2.38. The van der Waals surface area contributed by atoms with E-state index in [1.54, 1.807) is 12.1 Å². The fourth-order valence-corrected chi connectivity index (χ4v) is 4.29. The fraction of sp³-hybridized carbons (Fsp3) is 0.318. The molecule has 3 heteroatoms. The molecular weight excluding hydrogens is 310 g/mol. The summed E-state index contributed by atoms with van der Waals surface area (Å²) in [6.07, 6.45) is 5.67. The van der Waals surface area contributed by atoms with Crippen LogP contribution >= 0.6 is 0 Å². The summed E-state index contributed by atoms with van der Waals surface area (Å²) in [6, 6.07) is 14.2. The average molecular weight is 333 g/mol. The number of carboxylic acid groups (broad SMARTS) is 1. The van der Waals surface area contributed by atoms with Crippen LogP contribution in [0.2, 0.25) is 0 Å². The molecule has 1 aliphatic heterocycles. The SMILES string of the molecule is CC(C)c1cccc2c1N[C@H](c1ccc(C(=O)O)cc1)[C@H]1CC=C[C@@H]21. The van der Waals surface area contributed by atoms with Crippen molar-refractivity contribution >= 4 is 11.7 Å². The molecule has 0 radical (unpaired) electrons. The van der Waals surface area contributed by atoms with E-state index in [-0.39, 0.29) is 6.04 Å². The van der Waals surface area contributed by atoms with Crippen LogP contribution in [0, 0.1) is 5.92 Å². The second-order valence-corrected chi connectivity index (χ2v) is 7.37. The number of anilines is 1. The number of allylic oxidation sites excluding steroid dienone is 2. The first kappa shape index (κ1) is 15.9. The minimum atomic E-state index is -0.879. The Bertz CT molecular complexity index is 836. The highest BCUT2D eigenvalue weighted by atomic mass is 16.4. The van der Waals surface area contributed by atoms with Crippen LogP contribution in [0.1, 0.15) is 65.2 Å². The highest BCUT2D eigenvalue weighted by molar-refractivity contribution is 5.87. The first-order valence-corrected chi connectivity index (χ1v) is 8.95. The van der Waals surface area contributed by atoms with Crippen LogP contribution in [0.25, 0.3) is 0 Å². The monoisotopic (exact) mass is 333 g/mol. The minimum Gasteiger partial charge on any atom is -0.478 e. The Morgan fingerprint density at radius 3 is 2.60 bits per heavy atom. The summed E-state index contributed by atoms with van der Waals surface area (Å²) in [5.74, 6) is 0.486. The molecule has 0 bridgehead atoms. The molecule has 128 valence electrons. The van der Waals surface area contributed by atoms with Gasteiger partial charge in [0.2, 0.25) is 0 Å². The van der Waals surface area contributed by atoms with Gasteiger partial charge in [0, 0.05) is 11.6 Å². The van der Waals surface area contributed by atoms with Gasteiger partial charge in [-0.1, -0.05) is 56.3 Å². The van der Waals surface area contributed by atoms with Crippen molar-refractivity contribution in [2.45, 2.75) is 38.1 Å². The van der Waals surface area contributed by atoms with Crippen molar-refractivity contribution in [1.29, 1.82) is 0 Å². The van der Waals surface area contributed by atoms with E-state index in [0.29, 0.717) is 23.3 Å². The Morgan fingerprint density at radius 1 is 1.16 bits per heavy atom. The van der Waals surface area contributed by atoms with Gasteiger partial charge in [0.25, 0.3) is 0 Å². The lowest BCUT2D eigenvalue weighted by Crippen LogP contribution is -2.30. The zero-order chi connectivity index (χ0) is 17.6. The third kappa shape index (κ3) is 2.64. The van der Waals surface area contributed by atoms with E-state index in [2.05, 4.69) is 49.5 Å². The first-order chi connectivity index (χ1) is 12.1. The van der Waals surface area contributed by atoms with Gasteiger partial charge < -0.3 is 10.4 Å². The zero-order valence-corrected chi connectivity index (χ0v) is 14.6. The number of carbonyl (C=O) groups is 1. The molecule has 25 heavy (non-hydrogen) atoms. The van der Waals surface area contributed by atoms with Gasteiger partial charge in [-0.05, 0) is 47.1 Å². The van der Waals surface area contributed by atoms with Crippen LogP contribution in [-0.4, -0.2) is 11.1 Å². The van der Waals surface area contributed by atoms with Crippen molar-refractivity contribution in [1.82, 2.24) is 0 Å². The van der Waals surface area contributed by atoms with Gasteiger partial charge in [-0.2, -0.15) is 0 Å². The van der Waals surface area contributed by atoms with Gasteiger partial charge in [0.05, 0.1) is 11.6 Å². The van der Waals surface area contributed by atoms with E-state index in [1.165, 1.54) is 16.8 Å². The van der Waals surface area contributed by atoms with Crippen LogP contribution in [-0.2, 0) is 0 Å². The van der Waals surface area contributed by atoms with E-state index in [9.17, 15) is 4.79 Å². The molecule has 2 N–H and O–H groups in total. The average Bonchev–Trinajstić information content (AvgIpc) is 3.10. The number of hydrogen-bond donors (Lipinski definition) is 2. The predicted octanol–water partition coefficient (Wildman–Crippen LogP) is 5.33. The largest absolute Gasteiger partial charge is 0.478 e. The molecule has 0 saturated carbocycles. The molecular formula is C22H23NO2. The Hall–Kier alpha value is -2.55. The van der Waals surface area contributed by atoms with Gasteiger partial charge >= 0.3 is 5.97 Å². The van der Waals surface area contributed by atoms with Crippen LogP contribution in [0.3, 0.4) is 0 Å². The predicted molar refractivity (Wildman–Crippen MR) is 100 cm³/mol. The Morgan fingerprint density at radius 2 is 1.92 bits per heavy atom. The van der Waals surface area contributed by atoms with Crippen molar-refractivity contribution in [3.63, 3.8) is 0 Å².